The van der Waals surface area contributed by atoms with E-state index in [1.54, 1.807) is 11.3 Å². The van der Waals surface area contributed by atoms with Crippen LogP contribution in [-0.2, 0) is 0 Å². The highest BCUT2D eigenvalue weighted by Gasteiger charge is 2.36. The molecule has 0 amide bonds. The first-order chi connectivity index (χ1) is 9.76. The van der Waals surface area contributed by atoms with Crippen LogP contribution in [0.25, 0.3) is 10.2 Å². The van der Waals surface area contributed by atoms with Gasteiger partial charge in [-0.1, -0.05) is 6.42 Å². The van der Waals surface area contributed by atoms with E-state index >= 15 is 0 Å². The van der Waals surface area contributed by atoms with Crippen molar-refractivity contribution in [2.24, 2.45) is 0 Å². The second kappa shape index (κ2) is 5.77. The lowest BCUT2D eigenvalue weighted by atomic mass is 9.84. The van der Waals surface area contributed by atoms with E-state index in [1.165, 1.54) is 19.3 Å². The lowest BCUT2D eigenvalue weighted by Gasteiger charge is -2.40. The first-order valence-corrected chi connectivity index (χ1v) is 9.15. The normalized spacial score (nSPS) is 16.9. The molecule has 0 atom stereocenters. The van der Waals surface area contributed by atoms with E-state index < -0.39 is 0 Å². The Balaban J connectivity index is 1.83. The predicted molar refractivity (Wildman–Crippen MR) is 90.2 cm³/mol. The average molecular weight is 308 g/mol. The van der Waals surface area contributed by atoms with Crippen LogP contribution in [0.4, 0.5) is 11.8 Å². The summed E-state index contributed by atoms with van der Waals surface area (Å²) in [7, 11) is 0. The largest absolute Gasteiger partial charge is 0.368 e. The van der Waals surface area contributed by atoms with Crippen LogP contribution in [0.3, 0.4) is 0 Å². The molecule has 4 nitrogen and oxygen atoms in total. The molecule has 6 heteroatoms. The zero-order chi connectivity index (χ0) is 14.0. The van der Waals surface area contributed by atoms with Gasteiger partial charge in [-0.25, -0.2) is 4.98 Å². The summed E-state index contributed by atoms with van der Waals surface area (Å²) in [4.78, 5) is 10.2. The summed E-state index contributed by atoms with van der Waals surface area (Å²) in [6, 6.07) is 2.10. The number of hydrogen-bond donors (Lipinski definition) is 2. The van der Waals surface area contributed by atoms with Crippen LogP contribution in [0.5, 0.6) is 0 Å². The highest BCUT2D eigenvalue weighted by atomic mass is 32.2. The van der Waals surface area contributed by atoms with Crippen LogP contribution in [0.15, 0.2) is 11.4 Å². The molecule has 2 aromatic heterocycles. The lowest BCUT2D eigenvalue weighted by Crippen LogP contribution is -2.40. The standard InChI is InChI=1S/C14H20N4S2/c1-3-15-13-17-11(10-5-8-20-12(10)18-13)16-9-14(19-2)6-4-7-14/h5,8H,3-4,6-7,9H2,1-2H3,(H2,15,16,17,18). The molecule has 20 heavy (non-hydrogen) atoms. The van der Waals surface area contributed by atoms with Crippen molar-refractivity contribution in [2.75, 3.05) is 30.0 Å². The number of aromatic nitrogens is 2. The van der Waals surface area contributed by atoms with Gasteiger partial charge in [0.15, 0.2) is 0 Å². The van der Waals surface area contributed by atoms with Crippen LogP contribution in [0.2, 0.25) is 0 Å². The van der Waals surface area contributed by atoms with Crippen LogP contribution in [-0.4, -0.2) is 34.1 Å². The maximum Gasteiger partial charge on any atom is 0.226 e. The maximum absolute atomic E-state index is 4.62. The summed E-state index contributed by atoms with van der Waals surface area (Å²) in [5, 5.41) is 9.98. The van der Waals surface area contributed by atoms with Gasteiger partial charge in [0.05, 0.1) is 5.39 Å². The molecule has 1 aliphatic carbocycles. The Kier molecular flexibility index (Phi) is 4.03. The Morgan fingerprint density at radius 2 is 2.20 bits per heavy atom. The first kappa shape index (κ1) is 13.9. The Bertz CT molecular complexity index is 586. The van der Waals surface area contributed by atoms with Gasteiger partial charge in [0.1, 0.15) is 10.6 Å². The van der Waals surface area contributed by atoms with Crippen molar-refractivity contribution >= 4 is 45.1 Å². The fourth-order valence-electron chi connectivity index (χ4n) is 2.50. The number of anilines is 2. The Morgan fingerprint density at radius 1 is 1.35 bits per heavy atom. The third kappa shape index (κ3) is 2.59. The number of rotatable bonds is 6. The molecule has 3 rings (SSSR count). The van der Waals surface area contributed by atoms with Gasteiger partial charge in [-0.05, 0) is 37.5 Å². The van der Waals surface area contributed by atoms with Gasteiger partial charge in [0.25, 0.3) is 0 Å². The number of fused-ring (bicyclic) bond motifs is 1. The molecular formula is C14H20N4S2. The van der Waals surface area contributed by atoms with Crippen molar-refractivity contribution in [2.45, 2.75) is 30.9 Å². The Labute approximate surface area is 127 Å². The van der Waals surface area contributed by atoms with E-state index in [1.807, 2.05) is 11.8 Å². The van der Waals surface area contributed by atoms with Crippen molar-refractivity contribution < 1.29 is 0 Å². The summed E-state index contributed by atoms with van der Waals surface area (Å²) in [6.07, 6.45) is 6.17. The molecule has 1 aliphatic rings. The molecule has 0 unspecified atom stereocenters. The number of nitrogens with zero attached hydrogens (tertiary/aromatic N) is 2. The summed E-state index contributed by atoms with van der Waals surface area (Å²) < 4.78 is 0.408. The number of thiophene rings is 1. The molecule has 0 aromatic carbocycles. The minimum Gasteiger partial charge on any atom is -0.368 e. The molecule has 0 radical (unpaired) electrons. The molecule has 1 fully saturated rings. The van der Waals surface area contributed by atoms with E-state index in [9.17, 15) is 0 Å². The summed E-state index contributed by atoms with van der Waals surface area (Å²) in [5.74, 6) is 1.68. The lowest BCUT2D eigenvalue weighted by molar-refractivity contribution is 0.380. The molecule has 2 aromatic rings. The van der Waals surface area contributed by atoms with Gasteiger partial charge >= 0.3 is 0 Å². The molecule has 0 spiro atoms. The third-order valence-electron chi connectivity index (χ3n) is 3.94. The van der Waals surface area contributed by atoms with E-state index in [-0.39, 0.29) is 0 Å². The molecule has 0 bridgehead atoms. The van der Waals surface area contributed by atoms with Gasteiger partial charge < -0.3 is 10.6 Å². The van der Waals surface area contributed by atoms with Crippen LogP contribution in [0, 0.1) is 0 Å². The molecule has 0 aliphatic heterocycles. The van der Waals surface area contributed by atoms with Gasteiger partial charge in [-0.15, -0.1) is 11.3 Å². The Morgan fingerprint density at radius 3 is 2.85 bits per heavy atom. The zero-order valence-corrected chi connectivity index (χ0v) is 13.5. The molecule has 1 saturated carbocycles. The summed E-state index contributed by atoms with van der Waals surface area (Å²) >= 11 is 3.65. The topological polar surface area (TPSA) is 49.8 Å². The molecule has 2 N–H and O–H groups in total. The summed E-state index contributed by atoms with van der Waals surface area (Å²) in [6.45, 7) is 3.89. The van der Waals surface area contributed by atoms with Crippen molar-refractivity contribution in [3.8, 4) is 0 Å². The molecule has 0 saturated heterocycles. The second-order valence-corrected chi connectivity index (χ2v) is 7.33. The quantitative estimate of drug-likeness (QED) is 0.849. The van der Waals surface area contributed by atoms with Gasteiger partial charge in [-0.3, -0.25) is 0 Å². The zero-order valence-electron chi connectivity index (χ0n) is 11.9. The number of thioether (sulfide) groups is 1. The predicted octanol–water partition coefficient (Wildman–Crippen LogP) is 3.82. The smallest absolute Gasteiger partial charge is 0.226 e. The highest BCUT2D eigenvalue weighted by Crippen LogP contribution is 2.43. The van der Waals surface area contributed by atoms with E-state index in [4.69, 9.17) is 0 Å². The maximum atomic E-state index is 4.62. The average Bonchev–Trinajstić information content (AvgIpc) is 2.86. The van der Waals surface area contributed by atoms with E-state index in [0.29, 0.717) is 4.75 Å². The minimum atomic E-state index is 0.408. The minimum absolute atomic E-state index is 0.408. The first-order valence-electron chi connectivity index (χ1n) is 7.04. The van der Waals surface area contributed by atoms with E-state index in [0.717, 1.165) is 35.1 Å². The number of hydrogen-bond acceptors (Lipinski definition) is 6. The van der Waals surface area contributed by atoms with Gasteiger partial charge in [0, 0.05) is 17.8 Å². The van der Waals surface area contributed by atoms with E-state index in [2.05, 4.69) is 45.2 Å². The SMILES string of the molecule is CCNc1nc(NCC2(SC)CCC2)c2ccsc2n1. The van der Waals surface area contributed by atoms with Crippen LogP contribution in [0.1, 0.15) is 26.2 Å². The van der Waals surface area contributed by atoms with Crippen molar-refractivity contribution in [3.05, 3.63) is 11.4 Å². The van der Waals surface area contributed by atoms with Crippen molar-refractivity contribution in [3.63, 3.8) is 0 Å². The summed E-state index contributed by atoms with van der Waals surface area (Å²) in [5.41, 5.74) is 0. The van der Waals surface area contributed by atoms with Crippen molar-refractivity contribution in [1.82, 2.24) is 9.97 Å². The van der Waals surface area contributed by atoms with Gasteiger partial charge in [0.2, 0.25) is 5.95 Å². The van der Waals surface area contributed by atoms with Crippen LogP contribution < -0.4 is 10.6 Å². The van der Waals surface area contributed by atoms with Gasteiger partial charge in [-0.2, -0.15) is 16.7 Å². The fraction of sp³-hybridized carbons (Fsp3) is 0.571. The number of nitrogens with one attached hydrogen (secondary N) is 2. The third-order valence-corrected chi connectivity index (χ3v) is 6.16. The molecule has 2 heterocycles. The highest BCUT2D eigenvalue weighted by molar-refractivity contribution is 8.00. The molecule has 108 valence electrons. The fourth-order valence-corrected chi connectivity index (χ4v) is 4.17. The second-order valence-electron chi connectivity index (χ2n) is 5.16. The monoisotopic (exact) mass is 308 g/mol. The molecular weight excluding hydrogens is 288 g/mol. The van der Waals surface area contributed by atoms with Crippen molar-refractivity contribution in [1.29, 1.82) is 0 Å². The van der Waals surface area contributed by atoms with Crippen LogP contribution >= 0.6 is 23.1 Å². The Hall–Kier alpha value is -1.01.